The molecule has 1 amide bonds. The number of hydrogen-bond donors (Lipinski definition) is 1. The normalized spacial score (nSPS) is 54.0. The van der Waals surface area contributed by atoms with E-state index in [-0.39, 0.29) is 5.54 Å². The Kier molecular flexibility index (Phi) is 2.49. The number of nitrogens with zero attached hydrogens (tertiary/aromatic N) is 1. The second kappa shape index (κ2) is 3.79. The molecule has 3 unspecified atom stereocenters. The summed E-state index contributed by atoms with van der Waals surface area (Å²) < 4.78 is 0. The summed E-state index contributed by atoms with van der Waals surface area (Å²) in [5.74, 6) is 1.64. The van der Waals surface area contributed by atoms with Crippen molar-refractivity contribution in [2.45, 2.75) is 64.3 Å². The quantitative estimate of drug-likeness (QED) is 0.842. The van der Waals surface area contributed by atoms with Gasteiger partial charge in [0.25, 0.3) is 0 Å². The lowest BCUT2D eigenvalue weighted by atomic mass is 9.42. The highest BCUT2D eigenvalue weighted by Gasteiger charge is 2.63. The van der Waals surface area contributed by atoms with E-state index in [1.165, 1.54) is 38.5 Å². The number of amides is 1. The fourth-order valence-corrected chi connectivity index (χ4v) is 7.09. The Morgan fingerprint density at radius 2 is 1.80 bits per heavy atom. The van der Waals surface area contributed by atoms with Crippen LogP contribution in [0.5, 0.6) is 0 Å². The third-order valence-corrected chi connectivity index (χ3v) is 6.71. The van der Waals surface area contributed by atoms with Crippen molar-refractivity contribution >= 4 is 5.91 Å². The molecule has 5 rings (SSSR count). The van der Waals surface area contributed by atoms with Gasteiger partial charge in [0.1, 0.15) is 0 Å². The van der Waals surface area contributed by atoms with E-state index in [4.69, 9.17) is 5.73 Å². The summed E-state index contributed by atoms with van der Waals surface area (Å²) in [7, 11) is 0. The molecule has 5 fully saturated rings. The highest BCUT2D eigenvalue weighted by atomic mass is 16.2. The smallest absolute Gasteiger partial charge is 0.223 e. The van der Waals surface area contributed by atoms with Crippen LogP contribution in [0.2, 0.25) is 0 Å². The summed E-state index contributed by atoms with van der Waals surface area (Å²) in [6, 6.07) is 0. The number of hydrogen-bond acceptors (Lipinski definition) is 2. The number of nitrogens with two attached hydrogens (primary N) is 1. The van der Waals surface area contributed by atoms with Gasteiger partial charge in [-0.1, -0.05) is 13.8 Å². The van der Waals surface area contributed by atoms with Crippen molar-refractivity contribution in [1.82, 2.24) is 4.90 Å². The fourth-order valence-electron chi connectivity index (χ4n) is 7.09. The lowest BCUT2D eigenvalue weighted by Gasteiger charge is -2.67. The van der Waals surface area contributed by atoms with Crippen molar-refractivity contribution in [3.63, 3.8) is 0 Å². The van der Waals surface area contributed by atoms with Gasteiger partial charge in [-0.05, 0) is 67.7 Å². The molecule has 0 aromatic heterocycles. The Bertz CT molecular complexity index is 442. The number of likely N-dealkylation sites (tertiary alicyclic amines) is 1. The second-order valence-corrected chi connectivity index (χ2v) is 9.16. The maximum Gasteiger partial charge on any atom is 0.223 e. The standard InChI is InChI=1S/C17H28N2O/c1-15-4-13-5-16(2,9-15)11-17(6-13,10-15)19-8-12(7-18)3-14(19)20/h12-13H,3-11,18H2,1-2H3. The summed E-state index contributed by atoms with van der Waals surface area (Å²) in [4.78, 5) is 14.8. The number of rotatable bonds is 2. The van der Waals surface area contributed by atoms with Gasteiger partial charge < -0.3 is 10.6 Å². The fraction of sp³-hybridized carbons (Fsp3) is 0.941. The molecule has 0 spiro atoms. The van der Waals surface area contributed by atoms with E-state index in [0.29, 0.717) is 35.6 Å². The van der Waals surface area contributed by atoms with E-state index in [1.54, 1.807) is 0 Å². The van der Waals surface area contributed by atoms with E-state index < -0.39 is 0 Å². The van der Waals surface area contributed by atoms with Gasteiger partial charge in [0, 0.05) is 18.5 Å². The van der Waals surface area contributed by atoms with Crippen LogP contribution in [0.3, 0.4) is 0 Å². The first-order valence-corrected chi connectivity index (χ1v) is 8.36. The van der Waals surface area contributed by atoms with Gasteiger partial charge in [0.05, 0.1) is 0 Å². The van der Waals surface area contributed by atoms with Gasteiger partial charge in [-0.3, -0.25) is 4.79 Å². The lowest BCUT2D eigenvalue weighted by molar-refractivity contribution is -0.170. The molecule has 5 aliphatic rings. The van der Waals surface area contributed by atoms with Crippen molar-refractivity contribution in [1.29, 1.82) is 0 Å². The van der Waals surface area contributed by atoms with Crippen LogP contribution in [-0.2, 0) is 4.79 Å². The minimum Gasteiger partial charge on any atom is -0.337 e. The van der Waals surface area contributed by atoms with Crippen molar-refractivity contribution < 1.29 is 4.79 Å². The summed E-state index contributed by atoms with van der Waals surface area (Å²) in [5.41, 5.74) is 6.97. The Morgan fingerprint density at radius 1 is 1.15 bits per heavy atom. The van der Waals surface area contributed by atoms with Crippen molar-refractivity contribution in [2.24, 2.45) is 28.4 Å². The van der Waals surface area contributed by atoms with Crippen LogP contribution in [0.15, 0.2) is 0 Å². The zero-order chi connectivity index (χ0) is 14.2. The predicted octanol–water partition coefficient (Wildman–Crippen LogP) is 2.54. The molecule has 3 atom stereocenters. The van der Waals surface area contributed by atoms with Gasteiger partial charge in [-0.25, -0.2) is 0 Å². The molecule has 4 aliphatic carbocycles. The van der Waals surface area contributed by atoms with E-state index in [2.05, 4.69) is 18.7 Å². The van der Waals surface area contributed by atoms with Crippen LogP contribution >= 0.6 is 0 Å². The Morgan fingerprint density at radius 3 is 2.30 bits per heavy atom. The molecule has 3 heteroatoms. The SMILES string of the molecule is CC12CC3CC(C)(C1)CC(N1CC(CN)CC1=O)(C3)C2. The van der Waals surface area contributed by atoms with E-state index >= 15 is 0 Å². The van der Waals surface area contributed by atoms with Crippen LogP contribution in [0.25, 0.3) is 0 Å². The molecular weight excluding hydrogens is 248 g/mol. The maximum atomic E-state index is 12.5. The van der Waals surface area contributed by atoms with Crippen LogP contribution in [-0.4, -0.2) is 29.4 Å². The largest absolute Gasteiger partial charge is 0.337 e. The third kappa shape index (κ3) is 1.71. The van der Waals surface area contributed by atoms with Gasteiger partial charge in [0.2, 0.25) is 5.91 Å². The van der Waals surface area contributed by atoms with E-state index in [0.717, 1.165) is 12.5 Å². The van der Waals surface area contributed by atoms with Crippen LogP contribution in [0, 0.1) is 22.7 Å². The molecule has 4 bridgehead atoms. The first kappa shape index (κ1) is 13.1. The zero-order valence-corrected chi connectivity index (χ0v) is 13.0. The van der Waals surface area contributed by atoms with Gasteiger partial charge in [-0.2, -0.15) is 0 Å². The molecule has 112 valence electrons. The minimum atomic E-state index is 0.184. The number of carbonyl (C=O) groups is 1. The molecule has 1 aliphatic heterocycles. The Labute approximate surface area is 122 Å². The Balaban J connectivity index is 1.69. The highest BCUT2D eigenvalue weighted by molar-refractivity contribution is 5.79. The lowest BCUT2D eigenvalue weighted by Crippen LogP contribution is -2.65. The van der Waals surface area contributed by atoms with Crippen molar-refractivity contribution in [2.75, 3.05) is 13.1 Å². The summed E-state index contributed by atoms with van der Waals surface area (Å²) in [5, 5.41) is 0. The van der Waals surface area contributed by atoms with Gasteiger partial charge in [0.15, 0.2) is 0 Å². The molecule has 3 nitrogen and oxygen atoms in total. The summed E-state index contributed by atoms with van der Waals surface area (Å²) in [6.07, 6.45) is 8.61. The van der Waals surface area contributed by atoms with Gasteiger partial charge >= 0.3 is 0 Å². The average Bonchev–Trinajstić information content (AvgIpc) is 2.66. The molecule has 0 aromatic carbocycles. The second-order valence-electron chi connectivity index (χ2n) is 9.16. The summed E-state index contributed by atoms with van der Waals surface area (Å²) >= 11 is 0. The molecule has 2 N–H and O–H groups in total. The number of carbonyl (C=O) groups excluding carboxylic acids is 1. The predicted molar refractivity (Wildman–Crippen MR) is 79.0 cm³/mol. The monoisotopic (exact) mass is 276 g/mol. The van der Waals surface area contributed by atoms with E-state index in [1.807, 2.05) is 0 Å². The molecule has 1 heterocycles. The maximum absolute atomic E-state index is 12.5. The molecule has 0 radical (unpaired) electrons. The molecule has 0 aromatic rings. The first-order valence-electron chi connectivity index (χ1n) is 8.36. The Hall–Kier alpha value is -0.570. The van der Waals surface area contributed by atoms with Gasteiger partial charge in [-0.15, -0.1) is 0 Å². The topological polar surface area (TPSA) is 46.3 Å². The van der Waals surface area contributed by atoms with E-state index in [9.17, 15) is 4.79 Å². The average molecular weight is 276 g/mol. The third-order valence-electron chi connectivity index (χ3n) is 6.71. The molecule has 1 saturated heterocycles. The zero-order valence-electron chi connectivity index (χ0n) is 13.0. The van der Waals surface area contributed by atoms with Crippen LogP contribution < -0.4 is 5.73 Å². The first-order chi connectivity index (χ1) is 9.35. The van der Waals surface area contributed by atoms with Crippen molar-refractivity contribution in [3.05, 3.63) is 0 Å². The van der Waals surface area contributed by atoms with Crippen molar-refractivity contribution in [3.8, 4) is 0 Å². The highest BCUT2D eigenvalue weighted by Crippen LogP contribution is 2.68. The molecular formula is C17H28N2O. The summed E-state index contributed by atoms with van der Waals surface area (Å²) in [6.45, 7) is 6.54. The molecule has 20 heavy (non-hydrogen) atoms. The van der Waals surface area contributed by atoms with Crippen LogP contribution in [0.1, 0.15) is 58.8 Å². The molecule has 4 saturated carbocycles. The van der Waals surface area contributed by atoms with Crippen LogP contribution in [0.4, 0.5) is 0 Å². The minimum absolute atomic E-state index is 0.184.